The van der Waals surface area contributed by atoms with Gasteiger partial charge >= 0.3 is 6.03 Å². The number of rotatable bonds is 6. The number of imide groups is 1. The van der Waals surface area contributed by atoms with E-state index in [0.29, 0.717) is 18.8 Å². The van der Waals surface area contributed by atoms with Gasteiger partial charge in [-0.25, -0.2) is 4.79 Å². The lowest BCUT2D eigenvalue weighted by Crippen LogP contribution is -2.39. The highest BCUT2D eigenvalue weighted by molar-refractivity contribution is 6.05. The summed E-state index contributed by atoms with van der Waals surface area (Å²) >= 11 is 0. The molecule has 7 heteroatoms. The monoisotopic (exact) mass is 305 g/mol. The van der Waals surface area contributed by atoms with Crippen molar-refractivity contribution in [3.63, 3.8) is 0 Å². The average molecular weight is 305 g/mol. The summed E-state index contributed by atoms with van der Waals surface area (Å²) in [6, 6.07) is 2.36. The first kappa shape index (κ1) is 15.8. The highest BCUT2D eigenvalue weighted by atomic mass is 16.3. The molecule has 7 nitrogen and oxygen atoms in total. The molecule has 1 aromatic heterocycles. The standard InChI is InChI=1S/C15H19N3O4/c1-4-7-18(10-11-6-5-8-22-11)13(19)9-12-14(20)17(3)15(21)16(12)2/h4-6,8,12H,1,7,9-10H2,2-3H3. The summed E-state index contributed by atoms with van der Waals surface area (Å²) in [5.74, 6) is 0.0523. The van der Waals surface area contributed by atoms with Gasteiger partial charge < -0.3 is 14.2 Å². The number of likely N-dealkylation sites (N-methyl/N-ethyl adjacent to an activating group) is 2. The second kappa shape index (κ2) is 6.46. The molecule has 0 spiro atoms. The molecule has 1 aromatic rings. The van der Waals surface area contributed by atoms with E-state index in [1.54, 1.807) is 18.2 Å². The van der Waals surface area contributed by atoms with Gasteiger partial charge in [-0.2, -0.15) is 0 Å². The molecule has 1 fully saturated rings. The minimum Gasteiger partial charge on any atom is -0.467 e. The van der Waals surface area contributed by atoms with Crippen molar-refractivity contribution in [1.29, 1.82) is 0 Å². The van der Waals surface area contributed by atoms with Gasteiger partial charge in [-0.1, -0.05) is 6.08 Å². The third-order valence-electron chi connectivity index (χ3n) is 3.67. The molecule has 1 atom stereocenters. The Kier molecular flexibility index (Phi) is 4.65. The van der Waals surface area contributed by atoms with Crippen molar-refractivity contribution in [3.8, 4) is 0 Å². The van der Waals surface area contributed by atoms with Crippen molar-refractivity contribution < 1.29 is 18.8 Å². The lowest BCUT2D eigenvalue weighted by atomic mass is 10.1. The van der Waals surface area contributed by atoms with Crippen LogP contribution in [0.5, 0.6) is 0 Å². The van der Waals surface area contributed by atoms with Crippen molar-refractivity contribution in [2.45, 2.75) is 19.0 Å². The SMILES string of the molecule is C=CCN(Cc1ccco1)C(=O)CC1C(=O)N(C)C(=O)N1C. The number of furan rings is 1. The minimum atomic E-state index is -0.756. The molecule has 2 rings (SSSR count). The molecule has 0 aliphatic carbocycles. The fourth-order valence-corrected chi connectivity index (χ4v) is 2.37. The van der Waals surface area contributed by atoms with Gasteiger partial charge in [-0.3, -0.25) is 14.5 Å². The first-order valence-electron chi connectivity index (χ1n) is 6.91. The summed E-state index contributed by atoms with van der Waals surface area (Å²) in [6.45, 7) is 4.27. The van der Waals surface area contributed by atoms with Crippen LogP contribution in [0.25, 0.3) is 0 Å². The summed E-state index contributed by atoms with van der Waals surface area (Å²) in [4.78, 5) is 40.1. The summed E-state index contributed by atoms with van der Waals surface area (Å²) in [7, 11) is 2.93. The lowest BCUT2D eigenvalue weighted by Gasteiger charge is -2.23. The first-order valence-corrected chi connectivity index (χ1v) is 6.91. The molecular formula is C15H19N3O4. The molecular weight excluding hydrogens is 286 g/mol. The van der Waals surface area contributed by atoms with E-state index < -0.39 is 12.1 Å². The molecule has 0 N–H and O–H groups in total. The third kappa shape index (κ3) is 3.03. The van der Waals surface area contributed by atoms with Crippen LogP contribution in [0.15, 0.2) is 35.5 Å². The molecule has 118 valence electrons. The van der Waals surface area contributed by atoms with Crippen LogP contribution in [0.2, 0.25) is 0 Å². The Morgan fingerprint density at radius 1 is 1.45 bits per heavy atom. The van der Waals surface area contributed by atoms with Crippen LogP contribution in [0.1, 0.15) is 12.2 Å². The highest BCUT2D eigenvalue weighted by Crippen LogP contribution is 2.18. The normalized spacial score (nSPS) is 18.0. The molecule has 1 aliphatic heterocycles. The van der Waals surface area contributed by atoms with Gasteiger partial charge in [0.25, 0.3) is 5.91 Å². The Morgan fingerprint density at radius 3 is 2.68 bits per heavy atom. The van der Waals surface area contributed by atoms with Crippen LogP contribution in [0.3, 0.4) is 0 Å². The lowest BCUT2D eigenvalue weighted by molar-refractivity contribution is -0.136. The maximum absolute atomic E-state index is 12.4. The van der Waals surface area contributed by atoms with E-state index >= 15 is 0 Å². The van der Waals surface area contributed by atoms with Crippen LogP contribution in [0.4, 0.5) is 4.79 Å². The Balaban J connectivity index is 2.06. The van der Waals surface area contributed by atoms with Gasteiger partial charge in [0, 0.05) is 20.6 Å². The maximum Gasteiger partial charge on any atom is 0.326 e. The first-order chi connectivity index (χ1) is 10.5. The van der Waals surface area contributed by atoms with E-state index in [-0.39, 0.29) is 18.2 Å². The van der Waals surface area contributed by atoms with Crippen LogP contribution in [-0.4, -0.2) is 59.2 Å². The molecule has 0 radical (unpaired) electrons. The number of nitrogens with zero attached hydrogens (tertiary/aromatic N) is 3. The Bertz CT molecular complexity index is 582. The van der Waals surface area contributed by atoms with Crippen LogP contribution in [-0.2, 0) is 16.1 Å². The van der Waals surface area contributed by atoms with Gasteiger partial charge in [0.05, 0.1) is 19.2 Å². The second-order valence-corrected chi connectivity index (χ2v) is 5.15. The third-order valence-corrected chi connectivity index (χ3v) is 3.67. The highest BCUT2D eigenvalue weighted by Gasteiger charge is 2.42. The molecule has 22 heavy (non-hydrogen) atoms. The van der Waals surface area contributed by atoms with Gasteiger partial charge in [-0.05, 0) is 12.1 Å². The number of amides is 4. The van der Waals surface area contributed by atoms with E-state index in [1.807, 2.05) is 0 Å². The Morgan fingerprint density at radius 2 is 2.18 bits per heavy atom. The summed E-state index contributed by atoms with van der Waals surface area (Å²) in [6.07, 6.45) is 3.09. The Hall–Kier alpha value is -2.57. The Labute approximate surface area is 128 Å². The van der Waals surface area contributed by atoms with E-state index in [9.17, 15) is 14.4 Å². The molecule has 0 saturated carbocycles. The maximum atomic E-state index is 12.4. The van der Waals surface area contributed by atoms with E-state index in [1.165, 1.54) is 30.2 Å². The molecule has 0 aromatic carbocycles. The fraction of sp³-hybridized carbons (Fsp3) is 0.400. The molecule has 1 unspecified atom stereocenters. The predicted molar refractivity (Wildman–Crippen MR) is 78.7 cm³/mol. The van der Waals surface area contributed by atoms with E-state index in [2.05, 4.69) is 6.58 Å². The summed E-state index contributed by atoms with van der Waals surface area (Å²) < 4.78 is 5.24. The quantitative estimate of drug-likeness (QED) is 0.582. The van der Waals surface area contributed by atoms with Crippen LogP contribution >= 0.6 is 0 Å². The minimum absolute atomic E-state index is 0.0556. The van der Waals surface area contributed by atoms with Crippen molar-refractivity contribution in [2.24, 2.45) is 0 Å². The predicted octanol–water partition coefficient (Wildman–Crippen LogP) is 1.08. The zero-order chi connectivity index (χ0) is 16.3. The average Bonchev–Trinajstić information content (AvgIpc) is 3.07. The van der Waals surface area contributed by atoms with Crippen LogP contribution < -0.4 is 0 Å². The second-order valence-electron chi connectivity index (χ2n) is 5.15. The van der Waals surface area contributed by atoms with Gasteiger partial charge in [0.1, 0.15) is 11.8 Å². The van der Waals surface area contributed by atoms with Crippen molar-refractivity contribution in [2.75, 3.05) is 20.6 Å². The van der Waals surface area contributed by atoms with Gasteiger partial charge in [0.2, 0.25) is 5.91 Å². The van der Waals surface area contributed by atoms with Crippen molar-refractivity contribution >= 4 is 17.8 Å². The van der Waals surface area contributed by atoms with Crippen LogP contribution in [0, 0.1) is 0 Å². The van der Waals surface area contributed by atoms with E-state index in [4.69, 9.17) is 4.42 Å². The van der Waals surface area contributed by atoms with E-state index in [0.717, 1.165) is 4.90 Å². The van der Waals surface area contributed by atoms with Gasteiger partial charge in [0.15, 0.2) is 0 Å². The van der Waals surface area contributed by atoms with Gasteiger partial charge in [-0.15, -0.1) is 6.58 Å². The molecule has 0 bridgehead atoms. The van der Waals surface area contributed by atoms with Crippen molar-refractivity contribution in [1.82, 2.24) is 14.7 Å². The fourth-order valence-electron chi connectivity index (χ4n) is 2.37. The summed E-state index contributed by atoms with van der Waals surface area (Å²) in [5.41, 5.74) is 0. The largest absolute Gasteiger partial charge is 0.467 e. The number of hydrogen-bond donors (Lipinski definition) is 0. The smallest absolute Gasteiger partial charge is 0.326 e. The molecule has 4 amide bonds. The number of carbonyl (C=O) groups excluding carboxylic acids is 3. The van der Waals surface area contributed by atoms with Crippen molar-refractivity contribution in [3.05, 3.63) is 36.8 Å². The zero-order valence-corrected chi connectivity index (χ0v) is 12.7. The number of hydrogen-bond acceptors (Lipinski definition) is 4. The molecule has 1 saturated heterocycles. The number of carbonyl (C=O) groups is 3. The number of urea groups is 1. The summed E-state index contributed by atoms with van der Waals surface area (Å²) in [5, 5.41) is 0. The topological polar surface area (TPSA) is 74.1 Å². The molecule has 1 aliphatic rings. The zero-order valence-electron chi connectivity index (χ0n) is 12.7. The molecule has 2 heterocycles.